The number of carboxylic acid groups (broad SMARTS) is 1. The smallest absolute Gasteiger partial charge is 0.387 e. The average molecular weight is 368 g/mol. The Morgan fingerprint density at radius 3 is 2.35 bits per heavy atom. The van der Waals surface area contributed by atoms with Crippen LogP contribution >= 0.6 is 0 Å². The number of rotatable bonds is 7. The third-order valence-electron chi connectivity index (χ3n) is 3.64. The Balaban J connectivity index is 2.21. The zero-order valence-electron chi connectivity index (χ0n) is 14.3. The Kier molecular flexibility index (Phi) is 5.86. The first-order chi connectivity index (χ1) is 12.2. The lowest BCUT2D eigenvalue weighted by atomic mass is 10.0. The molecule has 0 saturated heterocycles. The summed E-state index contributed by atoms with van der Waals surface area (Å²) >= 11 is 0. The molecule has 0 spiro atoms. The van der Waals surface area contributed by atoms with Crippen LogP contribution in [0.15, 0.2) is 24.3 Å². The van der Waals surface area contributed by atoms with Gasteiger partial charge in [0, 0.05) is 0 Å². The first kappa shape index (κ1) is 19.3. The predicted octanol–water partition coefficient (Wildman–Crippen LogP) is 2.02. The van der Waals surface area contributed by atoms with E-state index in [0.29, 0.717) is 11.4 Å². The maximum Gasteiger partial charge on any atom is 0.387 e. The van der Waals surface area contributed by atoms with Gasteiger partial charge >= 0.3 is 12.6 Å². The Hall–Kier alpha value is -3.04. The second kappa shape index (κ2) is 7.89. The van der Waals surface area contributed by atoms with Crippen molar-refractivity contribution < 1.29 is 28.2 Å². The first-order valence-electron chi connectivity index (χ1n) is 7.72. The van der Waals surface area contributed by atoms with Crippen LogP contribution in [0.25, 0.3) is 5.69 Å². The molecular weight excluding hydrogens is 350 g/mol. The molecule has 0 radical (unpaired) electrons. The van der Waals surface area contributed by atoms with Crippen LogP contribution in [0.5, 0.6) is 5.75 Å². The van der Waals surface area contributed by atoms with Crippen molar-refractivity contribution in [2.45, 2.75) is 33.4 Å². The van der Waals surface area contributed by atoms with Crippen molar-refractivity contribution in [1.29, 1.82) is 0 Å². The van der Waals surface area contributed by atoms with Gasteiger partial charge in [0.15, 0.2) is 5.69 Å². The summed E-state index contributed by atoms with van der Waals surface area (Å²) in [6, 6.07) is 4.58. The minimum absolute atomic E-state index is 0.0132. The van der Waals surface area contributed by atoms with Crippen molar-refractivity contribution in [2.75, 3.05) is 0 Å². The van der Waals surface area contributed by atoms with Gasteiger partial charge in [-0.25, -0.2) is 9.48 Å². The van der Waals surface area contributed by atoms with Crippen LogP contribution in [0.3, 0.4) is 0 Å². The van der Waals surface area contributed by atoms with Crippen LogP contribution < -0.4 is 10.1 Å². The number of carboxylic acids is 1. The monoisotopic (exact) mass is 368 g/mol. The summed E-state index contributed by atoms with van der Waals surface area (Å²) in [6.45, 7) is 2.01. The Bertz CT molecular complexity index is 790. The Morgan fingerprint density at radius 2 is 1.85 bits per heavy atom. The lowest BCUT2D eigenvalue weighted by Gasteiger charge is -2.17. The van der Waals surface area contributed by atoms with Gasteiger partial charge in [0.05, 0.1) is 11.4 Å². The lowest BCUT2D eigenvalue weighted by Crippen LogP contribution is -2.44. The maximum absolute atomic E-state index is 12.3. The van der Waals surface area contributed by atoms with Gasteiger partial charge in [-0.15, -0.1) is 5.10 Å². The molecule has 1 aromatic carbocycles. The molecule has 2 rings (SSSR count). The zero-order chi connectivity index (χ0) is 19.4. The molecule has 8 nitrogen and oxygen atoms in total. The van der Waals surface area contributed by atoms with Gasteiger partial charge in [-0.1, -0.05) is 19.1 Å². The second-order valence-electron chi connectivity index (χ2n) is 5.84. The van der Waals surface area contributed by atoms with Crippen LogP contribution in [0.1, 0.15) is 30.0 Å². The molecule has 0 aliphatic rings. The molecule has 0 aliphatic heterocycles. The fourth-order valence-electron chi connectivity index (χ4n) is 2.28. The number of alkyl halides is 2. The summed E-state index contributed by atoms with van der Waals surface area (Å²) in [5.74, 6) is -2.13. The number of amides is 1. The van der Waals surface area contributed by atoms with E-state index in [0.717, 1.165) is 0 Å². The molecule has 1 atom stereocenters. The second-order valence-corrected chi connectivity index (χ2v) is 5.84. The molecule has 0 aliphatic carbocycles. The Morgan fingerprint density at radius 1 is 1.23 bits per heavy atom. The van der Waals surface area contributed by atoms with E-state index >= 15 is 0 Å². The van der Waals surface area contributed by atoms with Crippen molar-refractivity contribution in [3.63, 3.8) is 0 Å². The normalized spacial score (nSPS) is 12.3. The topological polar surface area (TPSA) is 106 Å². The molecule has 0 saturated carbocycles. The standard InChI is InChI=1S/C16H18F2N4O4/c1-8(2)12(15(24)25)19-14(23)13-9(3)22(21-20-13)10-4-6-11(7-5-10)26-16(17)18/h4-8,12,16H,1-3H3,(H,19,23)(H,24,25). The summed E-state index contributed by atoms with van der Waals surface area (Å²) in [4.78, 5) is 23.5. The van der Waals surface area contributed by atoms with Crippen molar-refractivity contribution >= 4 is 11.9 Å². The van der Waals surface area contributed by atoms with E-state index < -0.39 is 24.5 Å². The van der Waals surface area contributed by atoms with E-state index in [2.05, 4.69) is 20.4 Å². The molecule has 0 bridgehead atoms. The minimum Gasteiger partial charge on any atom is -0.480 e. The number of aliphatic carboxylic acids is 1. The van der Waals surface area contributed by atoms with E-state index in [1.54, 1.807) is 20.8 Å². The van der Waals surface area contributed by atoms with Crippen molar-refractivity contribution in [2.24, 2.45) is 5.92 Å². The number of carbonyl (C=O) groups is 2. The van der Waals surface area contributed by atoms with Gasteiger partial charge in [0.2, 0.25) is 0 Å². The third-order valence-corrected chi connectivity index (χ3v) is 3.64. The predicted molar refractivity (Wildman–Crippen MR) is 86.5 cm³/mol. The number of benzene rings is 1. The molecule has 140 valence electrons. The van der Waals surface area contributed by atoms with Gasteiger partial charge in [0.1, 0.15) is 11.8 Å². The number of hydrogen-bond donors (Lipinski definition) is 2. The summed E-state index contributed by atoms with van der Waals surface area (Å²) in [5.41, 5.74) is 0.831. The van der Waals surface area contributed by atoms with Gasteiger partial charge in [-0.2, -0.15) is 8.78 Å². The van der Waals surface area contributed by atoms with Crippen molar-refractivity contribution in [1.82, 2.24) is 20.3 Å². The van der Waals surface area contributed by atoms with E-state index in [9.17, 15) is 18.4 Å². The number of hydrogen-bond acceptors (Lipinski definition) is 5. The summed E-state index contributed by atoms with van der Waals surface area (Å²) in [6.07, 6.45) is 0. The molecule has 2 N–H and O–H groups in total. The number of nitrogens with one attached hydrogen (secondary N) is 1. The van der Waals surface area contributed by atoms with Crippen molar-refractivity contribution in [3.05, 3.63) is 35.7 Å². The molecule has 10 heteroatoms. The van der Waals surface area contributed by atoms with E-state index in [1.165, 1.54) is 28.9 Å². The van der Waals surface area contributed by atoms with Gasteiger partial charge < -0.3 is 15.2 Å². The molecule has 1 amide bonds. The third kappa shape index (κ3) is 4.32. The maximum atomic E-state index is 12.3. The molecule has 1 aromatic heterocycles. The molecule has 26 heavy (non-hydrogen) atoms. The summed E-state index contributed by atoms with van der Waals surface area (Å²) in [5, 5.41) is 19.2. The number of ether oxygens (including phenoxy) is 1. The Labute approximate surface area is 147 Å². The number of nitrogens with zero attached hydrogens (tertiary/aromatic N) is 3. The highest BCUT2D eigenvalue weighted by Gasteiger charge is 2.26. The molecule has 1 unspecified atom stereocenters. The fourth-order valence-corrected chi connectivity index (χ4v) is 2.28. The molecular formula is C16H18F2N4O4. The molecule has 1 heterocycles. The van der Waals surface area contributed by atoms with E-state index in [-0.39, 0.29) is 17.4 Å². The largest absolute Gasteiger partial charge is 0.480 e. The minimum atomic E-state index is -2.92. The van der Waals surface area contributed by atoms with Crippen LogP contribution in [-0.2, 0) is 4.79 Å². The lowest BCUT2D eigenvalue weighted by molar-refractivity contribution is -0.140. The SMILES string of the molecule is Cc1c(C(=O)NC(C(=O)O)C(C)C)nnn1-c1ccc(OC(F)F)cc1. The van der Waals surface area contributed by atoms with Crippen LogP contribution in [0, 0.1) is 12.8 Å². The number of carbonyl (C=O) groups excluding carboxylic acids is 1. The van der Waals surface area contributed by atoms with Gasteiger partial charge in [0.25, 0.3) is 5.91 Å². The van der Waals surface area contributed by atoms with Gasteiger partial charge in [-0.3, -0.25) is 4.79 Å². The highest BCUT2D eigenvalue weighted by Crippen LogP contribution is 2.19. The number of halogens is 2. The summed E-state index contributed by atoms with van der Waals surface area (Å²) in [7, 11) is 0. The van der Waals surface area contributed by atoms with Crippen LogP contribution in [0.4, 0.5) is 8.78 Å². The molecule has 0 fully saturated rings. The van der Waals surface area contributed by atoms with Crippen molar-refractivity contribution in [3.8, 4) is 11.4 Å². The van der Waals surface area contributed by atoms with E-state index in [4.69, 9.17) is 5.11 Å². The fraction of sp³-hybridized carbons (Fsp3) is 0.375. The highest BCUT2D eigenvalue weighted by molar-refractivity contribution is 5.95. The van der Waals surface area contributed by atoms with Crippen LogP contribution in [-0.4, -0.2) is 44.6 Å². The highest BCUT2D eigenvalue weighted by atomic mass is 19.3. The zero-order valence-corrected chi connectivity index (χ0v) is 14.3. The number of aromatic nitrogens is 3. The van der Waals surface area contributed by atoms with E-state index in [1.807, 2.05) is 0 Å². The van der Waals surface area contributed by atoms with Gasteiger partial charge in [-0.05, 0) is 37.1 Å². The average Bonchev–Trinajstić information content (AvgIpc) is 2.93. The first-order valence-corrected chi connectivity index (χ1v) is 7.72. The molecule has 2 aromatic rings. The van der Waals surface area contributed by atoms with Crippen LogP contribution in [0.2, 0.25) is 0 Å². The quantitative estimate of drug-likeness (QED) is 0.774. The summed E-state index contributed by atoms with van der Waals surface area (Å²) < 4.78 is 30.0.